The Morgan fingerprint density at radius 2 is 2.07 bits per heavy atom. The maximum Gasteiger partial charge on any atom is 0.340 e. The number of halogens is 5. The average Bonchev–Trinajstić information content (AvgIpc) is 2.98. The number of carbonyl (C=O) groups is 1. The number of fused-ring (bicyclic) bond motifs is 1. The molecule has 2 aromatic rings. The summed E-state index contributed by atoms with van der Waals surface area (Å²) in [7, 11) is 0. The number of pyridine rings is 1. The Bertz CT molecular complexity index is 913. The average molecular weight is 419 g/mol. The van der Waals surface area contributed by atoms with Gasteiger partial charge in [0.25, 0.3) is 5.91 Å². The van der Waals surface area contributed by atoms with Crippen molar-refractivity contribution in [3.63, 3.8) is 0 Å². The van der Waals surface area contributed by atoms with Gasteiger partial charge in [-0.1, -0.05) is 11.6 Å². The summed E-state index contributed by atoms with van der Waals surface area (Å²) in [5, 5.41) is 7.84. The lowest BCUT2D eigenvalue weighted by molar-refractivity contribution is -0.148. The van der Waals surface area contributed by atoms with E-state index in [9.17, 15) is 22.4 Å². The zero-order valence-electron chi connectivity index (χ0n) is 14.8. The van der Waals surface area contributed by atoms with Crippen LogP contribution in [0.4, 0.5) is 17.6 Å². The van der Waals surface area contributed by atoms with Crippen LogP contribution in [-0.4, -0.2) is 44.9 Å². The minimum atomic E-state index is -4.29. The van der Waals surface area contributed by atoms with Crippen LogP contribution in [0.5, 0.6) is 5.88 Å². The molecular weight excluding hydrogens is 404 g/mol. The zero-order valence-corrected chi connectivity index (χ0v) is 15.6. The lowest BCUT2D eigenvalue weighted by Crippen LogP contribution is -2.34. The Hall–Kier alpha value is -2.49. The highest BCUT2D eigenvalue weighted by Gasteiger charge is 2.42. The van der Waals surface area contributed by atoms with E-state index in [1.165, 1.54) is 24.1 Å². The molecule has 28 heavy (non-hydrogen) atoms. The lowest BCUT2D eigenvalue weighted by Gasteiger charge is -2.24. The second-order valence-electron chi connectivity index (χ2n) is 6.34. The summed E-state index contributed by atoms with van der Waals surface area (Å²) in [6.45, 7) is 1.96. The van der Waals surface area contributed by atoms with Crippen molar-refractivity contribution in [3.8, 4) is 5.88 Å². The third-order valence-corrected chi connectivity index (χ3v) is 4.72. The number of aryl methyl sites for hydroxylation is 1. The highest BCUT2D eigenvalue weighted by atomic mass is 35.5. The molecule has 0 bridgehead atoms. The maximum absolute atomic E-state index is 13.0. The smallest absolute Gasteiger partial charge is 0.340 e. The summed E-state index contributed by atoms with van der Waals surface area (Å²) in [6.07, 6.45) is -2.40. The summed E-state index contributed by atoms with van der Waals surface area (Å²) < 4.78 is 55.1. The Morgan fingerprint density at radius 1 is 1.36 bits per heavy atom. The molecule has 0 aliphatic carbocycles. The van der Waals surface area contributed by atoms with Crippen LogP contribution in [0.1, 0.15) is 40.1 Å². The summed E-state index contributed by atoms with van der Waals surface area (Å²) in [6, 6.07) is 2.58. The fraction of sp³-hybridized carbons (Fsp3) is 0.412. The van der Waals surface area contributed by atoms with E-state index in [1.807, 2.05) is 0 Å². The molecule has 0 aromatic carbocycles. The summed E-state index contributed by atoms with van der Waals surface area (Å²) in [5.74, 6) is -4.82. The largest absolute Gasteiger partial charge is 0.470 e. The minimum Gasteiger partial charge on any atom is -0.470 e. The van der Waals surface area contributed by atoms with Crippen molar-refractivity contribution < 1.29 is 27.1 Å². The van der Waals surface area contributed by atoms with Gasteiger partial charge in [0.1, 0.15) is 5.15 Å². The summed E-state index contributed by atoms with van der Waals surface area (Å²) in [4.78, 5) is 18.1. The Labute approximate surface area is 162 Å². The van der Waals surface area contributed by atoms with Gasteiger partial charge >= 0.3 is 12.3 Å². The Balaban J connectivity index is 1.76. The molecule has 3 rings (SSSR count). The van der Waals surface area contributed by atoms with Gasteiger partial charge in [0, 0.05) is 22.9 Å². The first-order chi connectivity index (χ1) is 13.1. The van der Waals surface area contributed by atoms with Crippen LogP contribution in [0.2, 0.25) is 5.15 Å². The number of nitrogens with zero attached hydrogens (tertiary/aromatic N) is 4. The highest BCUT2D eigenvalue weighted by Crippen LogP contribution is 2.34. The third kappa shape index (κ3) is 3.73. The van der Waals surface area contributed by atoms with E-state index in [-0.39, 0.29) is 23.5 Å². The number of alkyl halides is 4. The number of aromatic nitrogens is 3. The molecule has 2 aromatic heterocycles. The van der Waals surface area contributed by atoms with Crippen LogP contribution in [0.3, 0.4) is 0 Å². The molecule has 0 radical (unpaired) electrons. The van der Waals surface area contributed by atoms with Gasteiger partial charge in [-0.2, -0.15) is 8.78 Å². The van der Waals surface area contributed by atoms with Crippen LogP contribution in [0, 0.1) is 6.92 Å². The molecule has 1 aliphatic heterocycles. The first-order valence-electron chi connectivity index (χ1n) is 8.19. The molecule has 0 fully saturated rings. The van der Waals surface area contributed by atoms with Gasteiger partial charge in [-0.25, -0.2) is 13.8 Å². The normalized spacial score (nSPS) is 15.1. The van der Waals surface area contributed by atoms with Crippen LogP contribution >= 0.6 is 11.6 Å². The van der Waals surface area contributed by atoms with E-state index in [0.717, 1.165) is 0 Å². The Kier molecular flexibility index (Phi) is 5.42. The van der Waals surface area contributed by atoms with Gasteiger partial charge in [0.2, 0.25) is 5.88 Å². The SMILES string of the molecule is Cc1cc(C(C)N2Cc3c(ccnc3Cl)C2=O)nnc1OCC(F)(F)C(F)F. The lowest BCUT2D eigenvalue weighted by atomic mass is 10.1. The minimum absolute atomic E-state index is 0.238. The molecule has 150 valence electrons. The van der Waals surface area contributed by atoms with Crippen molar-refractivity contribution in [1.29, 1.82) is 0 Å². The number of rotatable bonds is 6. The second kappa shape index (κ2) is 7.50. The standard InChI is InChI=1S/C17H15ClF4N4O2/c1-8-5-12(24-25-14(8)28-7-17(21,22)16(19)20)9(2)26-6-11-10(15(26)27)3-4-23-13(11)18/h3-5,9,16H,6-7H2,1-2H3. The molecule has 1 atom stereocenters. The van der Waals surface area contributed by atoms with E-state index >= 15 is 0 Å². The number of carbonyl (C=O) groups excluding carboxylic acids is 1. The molecule has 1 unspecified atom stereocenters. The third-order valence-electron chi connectivity index (χ3n) is 4.40. The first kappa shape index (κ1) is 20.2. The van der Waals surface area contributed by atoms with Crippen molar-refractivity contribution in [3.05, 3.63) is 45.9 Å². The molecular formula is C17H15ClF4N4O2. The fourth-order valence-corrected chi connectivity index (χ4v) is 2.97. The van der Waals surface area contributed by atoms with Gasteiger partial charge < -0.3 is 9.64 Å². The van der Waals surface area contributed by atoms with Gasteiger partial charge in [0.15, 0.2) is 6.61 Å². The monoisotopic (exact) mass is 418 g/mol. The van der Waals surface area contributed by atoms with E-state index in [0.29, 0.717) is 22.4 Å². The molecule has 0 saturated carbocycles. The second-order valence-corrected chi connectivity index (χ2v) is 6.70. The Morgan fingerprint density at radius 3 is 2.68 bits per heavy atom. The maximum atomic E-state index is 13.0. The fourth-order valence-electron chi connectivity index (χ4n) is 2.76. The molecule has 0 spiro atoms. The number of ether oxygens (including phenoxy) is 1. The van der Waals surface area contributed by atoms with Gasteiger partial charge in [-0.15, -0.1) is 10.2 Å². The van der Waals surface area contributed by atoms with Gasteiger partial charge in [-0.05, 0) is 26.0 Å². The predicted molar refractivity (Wildman–Crippen MR) is 90.8 cm³/mol. The zero-order chi connectivity index (χ0) is 20.6. The topological polar surface area (TPSA) is 68.2 Å². The van der Waals surface area contributed by atoms with E-state index < -0.39 is 25.0 Å². The van der Waals surface area contributed by atoms with Crippen LogP contribution in [-0.2, 0) is 6.54 Å². The van der Waals surface area contributed by atoms with E-state index in [2.05, 4.69) is 15.2 Å². The van der Waals surface area contributed by atoms with E-state index in [4.69, 9.17) is 16.3 Å². The molecule has 11 heteroatoms. The first-order valence-corrected chi connectivity index (χ1v) is 8.57. The number of hydrogen-bond acceptors (Lipinski definition) is 5. The molecule has 3 heterocycles. The van der Waals surface area contributed by atoms with E-state index in [1.54, 1.807) is 13.0 Å². The van der Waals surface area contributed by atoms with Crippen molar-refractivity contribution in [1.82, 2.24) is 20.1 Å². The van der Waals surface area contributed by atoms with Gasteiger partial charge in [0.05, 0.1) is 18.3 Å². The summed E-state index contributed by atoms with van der Waals surface area (Å²) in [5.41, 5.74) is 1.77. The van der Waals surface area contributed by atoms with Gasteiger partial charge in [-0.3, -0.25) is 4.79 Å². The molecule has 0 N–H and O–H groups in total. The van der Waals surface area contributed by atoms with Crippen molar-refractivity contribution >= 4 is 17.5 Å². The number of hydrogen-bond donors (Lipinski definition) is 0. The van der Waals surface area contributed by atoms with Crippen LogP contribution in [0.25, 0.3) is 0 Å². The molecule has 1 aliphatic rings. The number of amides is 1. The quantitative estimate of drug-likeness (QED) is 0.527. The van der Waals surface area contributed by atoms with Crippen molar-refractivity contribution in [2.75, 3.05) is 6.61 Å². The van der Waals surface area contributed by atoms with Crippen molar-refractivity contribution in [2.24, 2.45) is 0 Å². The highest BCUT2D eigenvalue weighted by molar-refractivity contribution is 6.30. The summed E-state index contributed by atoms with van der Waals surface area (Å²) >= 11 is 6.04. The molecule has 1 amide bonds. The van der Waals surface area contributed by atoms with Crippen LogP contribution in [0.15, 0.2) is 18.3 Å². The molecule has 0 saturated heterocycles. The molecule has 6 nitrogen and oxygen atoms in total. The van der Waals surface area contributed by atoms with Crippen molar-refractivity contribution in [2.45, 2.75) is 38.8 Å². The predicted octanol–water partition coefficient (Wildman–Crippen LogP) is 3.83. The van der Waals surface area contributed by atoms with Crippen LogP contribution < -0.4 is 4.74 Å².